The zero-order chi connectivity index (χ0) is 15.6. The van der Waals surface area contributed by atoms with E-state index in [1.54, 1.807) is 24.0 Å². The Kier molecular flexibility index (Phi) is 4.64. The number of carbonyl (C=O) groups is 1. The van der Waals surface area contributed by atoms with E-state index in [4.69, 9.17) is 5.11 Å². The standard InChI is InChI=1S/C12H12IN3O4S/c1-16-8(4-5-14-16)7-15-21(19,20)9-2-3-11(13)10(6-9)12(17)18/h2-6,15H,7H2,1H3,(H,17,18). The molecule has 2 aromatic rings. The van der Waals surface area contributed by atoms with Gasteiger partial charge in [0.15, 0.2) is 0 Å². The highest BCUT2D eigenvalue weighted by molar-refractivity contribution is 14.1. The molecule has 0 fully saturated rings. The Hall–Kier alpha value is -1.46. The second kappa shape index (κ2) is 6.12. The zero-order valence-electron chi connectivity index (χ0n) is 10.9. The number of hydrogen-bond acceptors (Lipinski definition) is 4. The lowest BCUT2D eigenvalue weighted by atomic mass is 10.2. The van der Waals surface area contributed by atoms with Gasteiger partial charge in [-0.3, -0.25) is 4.68 Å². The van der Waals surface area contributed by atoms with Gasteiger partial charge < -0.3 is 5.11 Å². The van der Waals surface area contributed by atoms with Gasteiger partial charge in [0.2, 0.25) is 10.0 Å². The van der Waals surface area contributed by atoms with Crippen LogP contribution in [0.25, 0.3) is 0 Å². The van der Waals surface area contributed by atoms with Crippen LogP contribution in [0.3, 0.4) is 0 Å². The van der Waals surface area contributed by atoms with Crippen LogP contribution in [0, 0.1) is 3.57 Å². The molecule has 21 heavy (non-hydrogen) atoms. The van der Waals surface area contributed by atoms with Crippen molar-refractivity contribution in [2.75, 3.05) is 0 Å². The van der Waals surface area contributed by atoms with E-state index < -0.39 is 16.0 Å². The number of nitrogens with one attached hydrogen (secondary N) is 1. The van der Waals surface area contributed by atoms with Crippen LogP contribution in [-0.4, -0.2) is 29.3 Å². The number of aryl methyl sites for hydroxylation is 1. The molecule has 0 radical (unpaired) electrons. The van der Waals surface area contributed by atoms with Crippen LogP contribution in [0.2, 0.25) is 0 Å². The maximum atomic E-state index is 12.2. The molecule has 1 aromatic carbocycles. The van der Waals surface area contributed by atoms with E-state index in [2.05, 4.69) is 9.82 Å². The first-order valence-corrected chi connectivity index (χ1v) is 8.37. The molecule has 1 aromatic heterocycles. The van der Waals surface area contributed by atoms with Gasteiger partial charge in [0.1, 0.15) is 0 Å². The minimum absolute atomic E-state index is 0.0426. The Labute approximate surface area is 135 Å². The van der Waals surface area contributed by atoms with Crippen LogP contribution in [0.4, 0.5) is 0 Å². The van der Waals surface area contributed by atoms with E-state index in [-0.39, 0.29) is 17.0 Å². The molecule has 0 aliphatic rings. The van der Waals surface area contributed by atoms with Gasteiger partial charge in [-0.15, -0.1) is 0 Å². The maximum absolute atomic E-state index is 12.2. The minimum Gasteiger partial charge on any atom is -0.478 e. The summed E-state index contributed by atoms with van der Waals surface area (Å²) in [6.45, 7) is 0.0766. The monoisotopic (exact) mass is 421 g/mol. The first kappa shape index (κ1) is 15.9. The Balaban J connectivity index is 2.26. The fourth-order valence-electron chi connectivity index (χ4n) is 1.66. The van der Waals surface area contributed by atoms with Crippen LogP contribution in [0.5, 0.6) is 0 Å². The number of aromatic carboxylic acids is 1. The summed E-state index contributed by atoms with van der Waals surface area (Å²) in [5.41, 5.74) is 0.654. The quantitative estimate of drug-likeness (QED) is 0.707. The Morgan fingerprint density at radius 3 is 2.71 bits per heavy atom. The van der Waals surface area contributed by atoms with E-state index in [0.717, 1.165) is 6.07 Å². The lowest BCUT2D eigenvalue weighted by Gasteiger charge is -2.08. The van der Waals surface area contributed by atoms with Crippen molar-refractivity contribution >= 4 is 38.6 Å². The highest BCUT2D eigenvalue weighted by atomic mass is 127. The van der Waals surface area contributed by atoms with Crippen molar-refractivity contribution < 1.29 is 18.3 Å². The lowest BCUT2D eigenvalue weighted by molar-refractivity contribution is 0.0695. The number of benzene rings is 1. The molecular formula is C12H12IN3O4S. The van der Waals surface area contributed by atoms with E-state index >= 15 is 0 Å². The molecule has 0 saturated heterocycles. The van der Waals surface area contributed by atoms with E-state index in [1.165, 1.54) is 12.1 Å². The summed E-state index contributed by atoms with van der Waals surface area (Å²) in [6.07, 6.45) is 1.57. The summed E-state index contributed by atoms with van der Waals surface area (Å²) in [6, 6.07) is 5.68. The summed E-state index contributed by atoms with van der Waals surface area (Å²) in [5.74, 6) is -1.16. The van der Waals surface area contributed by atoms with Crippen molar-refractivity contribution in [3.63, 3.8) is 0 Å². The fourth-order valence-corrected chi connectivity index (χ4v) is 3.25. The molecule has 0 aliphatic heterocycles. The van der Waals surface area contributed by atoms with Gasteiger partial charge in [-0.1, -0.05) is 0 Å². The topological polar surface area (TPSA) is 101 Å². The Morgan fingerprint density at radius 2 is 2.14 bits per heavy atom. The van der Waals surface area contributed by atoms with Crippen molar-refractivity contribution in [1.82, 2.24) is 14.5 Å². The number of hydrogen-bond donors (Lipinski definition) is 2. The summed E-state index contributed by atoms with van der Waals surface area (Å²) in [5, 5.41) is 13.0. The van der Waals surface area contributed by atoms with Gasteiger partial charge in [0.05, 0.1) is 22.7 Å². The van der Waals surface area contributed by atoms with Crippen molar-refractivity contribution in [1.29, 1.82) is 0 Å². The molecule has 9 heteroatoms. The van der Waals surface area contributed by atoms with Crippen LogP contribution in [0.1, 0.15) is 16.1 Å². The summed E-state index contributed by atoms with van der Waals surface area (Å²) in [4.78, 5) is 11.0. The van der Waals surface area contributed by atoms with Gasteiger partial charge in [0.25, 0.3) is 0 Å². The second-order valence-electron chi connectivity index (χ2n) is 4.22. The summed E-state index contributed by atoms with van der Waals surface area (Å²) >= 11 is 1.85. The highest BCUT2D eigenvalue weighted by Crippen LogP contribution is 2.18. The number of aromatic nitrogens is 2. The molecule has 0 amide bonds. The van der Waals surface area contributed by atoms with Crippen LogP contribution in [0.15, 0.2) is 35.4 Å². The molecule has 0 spiro atoms. The average molecular weight is 421 g/mol. The molecule has 2 N–H and O–H groups in total. The molecule has 0 saturated carbocycles. The maximum Gasteiger partial charge on any atom is 0.336 e. The Morgan fingerprint density at radius 1 is 1.43 bits per heavy atom. The molecule has 0 aliphatic carbocycles. The van der Waals surface area contributed by atoms with Gasteiger partial charge in [-0.25, -0.2) is 17.9 Å². The molecule has 1 heterocycles. The zero-order valence-corrected chi connectivity index (χ0v) is 13.9. The van der Waals surface area contributed by atoms with Crippen molar-refractivity contribution in [3.8, 4) is 0 Å². The van der Waals surface area contributed by atoms with Crippen molar-refractivity contribution in [2.24, 2.45) is 7.05 Å². The van der Waals surface area contributed by atoms with Crippen LogP contribution < -0.4 is 4.72 Å². The van der Waals surface area contributed by atoms with Gasteiger partial charge in [0, 0.05) is 16.8 Å². The van der Waals surface area contributed by atoms with Crippen LogP contribution >= 0.6 is 22.6 Å². The third kappa shape index (κ3) is 3.60. The molecule has 7 nitrogen and oxygen atoms in total. The third-order valence-corrected chi connectivity index (χ3v) is 5.18. The molecule has 112 valence electrons. The molecular weight excluding hydrogens is 409 g/mol. The van der Waals surface area contributed by atoms with Crippen LogP contribution in [-0.2, 0) is 23.6 Å². The number of halogens is 1. The first-order chi connectivity index (χ1) is 9.81. The van der Waals surface area contributed by atoms with E-state index in [0.29, 0.717) is 9.26 Å². The van der Waals surface area contributed by atoms with E-state index in [1.807, 2.05) is 22.6 Å². The third-order valence-electron chi connectivity index (χ3n) is 2.84. The summed E-state index contributed by atoms with van der Waals surface area (Å²) in [7, 11) is -2.08. The lowest BCUT2D eigenvalue weighted by Crippen LogP contribution is -2.24. The number of carboxylic acids is 1. The second-order valence-corrected chi connectivity index (χ2v) is 7.15. The normalized spacial score (nSPS) is 11.5. The molecule has 0 unspecified atom stereocenters. The largest absolute Gasteiger partial charge is 0.478 e. The predicted molar refractivity (Wildman–Crippen MR) is 83.4 cm³/mol. The number of carboxylic acid groups (broad SMARTS) is 1. The SMILES string of the molecule is Cn1nccc1CNS(=O)(=O)c1ccc(I)c(C(=O)O)c1. The Bertz CT molecular complexity index is 786. The number of sulfonamides is 1. The highest BCUT2D eigenvalue weighted by Gasteiger charge is 2.18. The number of rotatable bonds is 5. The first-order valence-electron chi connectivity index (χ1n) is 5.80. The smallest absolute Gasteiger partial charge is 0.336 e. The molecule has 2 rings (SSSR count). The van der Waals surface area contributed by atoms with Crippen molar-refractivity contribution in [2.45, 2.75) is 11.4 Å². The average Bonchev–Trinajstić information content (AvgIpc) is 2.82. The van der Waals surface area contributed by atoms with Gasteiger partial charge in [-0.2, -0.15) is 5.10 Å². The fraction of sp³-hybridized carbons (Fsp3) is 0.167. The molecule has 0 atom stereocenters. The van der Waals surface area contributed by atoms with E-state index in [9.17, 15) is 13.2 Å². The minimum atomic E-state index is -3.78. The van der Waals surface area contributed by atoms with Crippen molar-refractivity contribution in [3.05, 3.63) is 45.3 Å². The van der Waals surface area contributed by atoms with Gasteiger partial charge in [-0.05, 0) is 46.9 Å². The summed E-state index contributed by atoms with van der Waals surface area (Å²) < 4.78 is 28.8. The molecule has 0 bridgehead atoms. The predicted octanol–water partition coefficient (Wildman–Crippen LogP) is 1.20. The number of nitrogens with zero attached hydrogens (tertiary/aromatic N) is 2. The van der Waals surface area contributed by atoms with Gasteiger partial charge >= 0.3 is 5.97 Å².